The minimum atomic E-state index is -0.144. The predicted octanol–water partition coefficient (Wildman–Crippen LogP) is 1.76. The second-order valence-corrected chi connectivity index (χ2v) is 8.01. The Labute approximate surface area is 188 Å². The molecule has 0 radical (unpaired) electrons. The molecule has 1 amide bonds. The zero-order chi connectivity index (χ0) is 19.1. The van der Waals surface area contributed by atoms with Crippen molar-refractivity contribution in [3.63, 3.8) is 0 Å². The summed E-state index contributed by atoms with van der Waals surface area (Å²) >= 11 is 0. The second kappa shape index (κ2) is 9.37. The van der Waals surface area contributed by atoms with Crippen LogP contribution in [0.4, 0.5) is 5.82 Å². The van der Waals surface area contributed by atoms with Crippen molar-refractivity contribution in [2.75, 3.05) is 44.2 Å². The minimum Gasteiger partial charge on any atom is -0.353 e. The zero-order valence-electron chi connectivity index (χ0n) is 16.7. The van der Waals surface area contributed by atoms with Crippen molar-refractivity contribution in [1.82, 2.24) is 19.8 Å². The molecule has 162 valence electrons. The summed E-state index contributed by atoms with van der Waals surface area (Å²) in [5, 5.41) is 3.45. The van der Waals surface area contributed by atoms with E-state index in [1.807, 2.05) is 28.8 Å². The summed E-state index contributed by atoms with van der Waals surface area (Å²) in [6.45, 7) is 5.24. The molecule has 2 atom stereocenters. The Kier molecular flexibility index (Phi) is 7.06. The lowest BCUT2D eigenvalue weighted by Crippen LogP contribution is -2.51. The quantitative estimate of drug-likeness (QED) is 0.752. The van der Waals surface area contributed by atoms with Crippen molar-refractivity contribution < 1.29 is 4.79 Å². The average molecular weight is 452 g/mol. The third-order valence-electron chi connectivity index (χ3n) is 6.28. The lowest BCUT2D eigenvalue weighted by atomic mass is 9.84. The molecule has 7 nitrogen and oxygen atoms in total. The molecule has 0 saturated carbocycles. The number of rotatable bonds is 2. The number of fused-ring (bicyclic) bond motifs is 4. The smallest absolute Gasteiger partial charge is 0.263 e. The molecular formula is C21H27Cl2N5O2. The van der Waals surface area contributed by atoms with Crippen LogP contribution >= 0.6 is 24.8 Å². The topological polar surface area (TPSA) is 70.5 Å². The fourth-order valence-corrected chi connectivity index (χ4v) is 4.80. The summed E-state index contributed by atoms with van der Waals surface area (Å²) in [6, 6.07) is 9.60. The molecule has 30 heavy (non-hydrogen) atoms. The molecular weight excluding hydrogens is 425 g/mol. The van der Waals surface area contributed by atoms with E-state index in [1.165, 1.54) is 0 Å². The Balaban J connectivity index is 0.00000128. The molecule has 0 spiro atoms. The van der Waals surface area contributed by atoms with Gasteiger partial charge in [0.05, 0.1) is 0 Å². The number of carbonyl (C=O) groups is 1. The first-order valence-electron chi connectivity index (χ1n) is 10.1. The van der Waals surface area contributed by atoms with Crippen molar-refractivity contribution in [3.05, 3.63) is 58.1 Å². The van der Waals surface area contributed by atoms with E-state index in [1.54, 1.807) is 17.2 Å². The third kappa shape index (κ3) is 4.06. The number of hydrogen-bond acceptors (Lipinski definition) is 5. The number of hydrogen-bond donors (Lipinski definition) is 1. The van der Waals surface area contributed by atoms with Gasteiger partial charge in [0.2, 0.25) is 0 Å². The number of carbonyl (C=O) groups excluding carboxylic acids is 1. The van der Waals surface area contributed by atoms with Crippen molar-refractivity contribution in [2.24, 2.45) is 5.92 Å². The zero-order valence-corrected chi connectivity index (χ0v) is 18.3. The molecule has 3 aliphatic rings. The molecule has 2 bridgehead atoms. The lowest BCUT2D eigenvalue weighted by molar-refractivity contribution is 0.0743. The number of piperazine rings is 1. The van der Waals surface area contributed by atoms with E-state index in [-0.39, 0.29) is 36.3 Å². The van der Waals surface area contributed by atoms with Crippen LogP contribution in [0.3, 0.4) is 0 Å². The molecule has 5 rings (SSSR count). The van der Waals surface area contributed by atoms with E-state index in [9.17, 15) is 9.59 Å². The Morgan fingerprint density at radius 2 is 1.83 bits per heavy atom. The van der Waals surface area contributed by atoms with Gasteiger partial charge >= 0.3 is 0 Å². The van der Waals surface area contributed by atoms with E-state index in [0.29, 0.717) is 37.0 Å². The highest BCUT2D eigenvalue weighted by Gasteiger charge is 2.33. The first kappa shape index (κ1) is 22.6. The van der Waals surface area contributed by atoms with Gasteiger partial charge < -0.3 is 19.7 Å². The van der Waals surface area contributed by atoms with Crippen molar-refractivity contribution in [1.29, 1.82) is 0 Å². The first-order valence-corrected chi connectivity index (χ1v) is 10.1. The number of aromatic nitrogens is 2. The molecule has 0 aliphatic carbocycles. The van der Waals surface area contributed by atoms with Crippen LogP contribution in [0.2, 0.25) is 0 Å². The van der Waals surface area contributed by atoms with Gasteiger partial charge in [-0.25, -0.2) is 4.98 Å². The highest BCUT2D eigenvalue weighted by molar-refractivity contribution is 5.94. The molecule has 2 fully saturated rings. The number of amides is 1. The summed E-state index contributed by atoms with van der Waals surface area (Å²) in [7, 11) is 0. The molecule has 2 aromatic heterocycles. The van der Waals surface area contributed by atoms with Crippen LogP contribution < -0.4 is 15.8 Å². The van der Waals surface area contributed by atoms with Gasteiger partial charge in [-0.2, -0.15) is 0 Å². The fourth-order valence-electron chi connectivity index (χ4n) is 4.80. The summed E-state index contributed by atoms with van der Waals surface area (Å²) in [6.07, 6.45) is 2.92. The van der Waals surface area contributed by atoms with Crippen LogP contribution in [0.1, 0.15) is 28.4 Å². The average Bonchev–Trinajstić information content (AvgIpc) is 2.75. The standard InChI is InChI=1S/C21H25N5O2.2ClH/c27-20(25-9-7-24(8-10-25)19-3-1-2-6-23-19)17-4-5-18-16-11-15(12-22-13-16)14-26(18)21(17)28;;/h1-6,15-16,22H,7-14H2;2*1H/t15-,16+;;/m0../s1. The van der Waals surface area contributed by atoms with E-state index in [0.717, 1.165) is 44.1 Å². The van der Waals surface area contributed by atoms with Gasteiger partial charge in [-0.15, -0.1) is 24.8 Å². The van der Waals surface area contributed by atoms with E-state index >= 15 is 0 Å². The van der Waals surface area contributed by atoms with E-state index in [4.69, 9.17) is 0 Å². The van der Waals surface area contributed by atoms with Gasteiger partial charge in [-0.3, -0.25) is 9.59 Å². The molecule has 3 aliphatic heterocycles. The van der Waals surface area contributed by atoms with Crippen LogP contribution in [0, 0.1) is 5.92 Å². The van der Waals surface area contributed by atoms with Gasteiger partial charge in [0.25, 0.3) is 11.5 Å². The maximum Gasteiger partial charge on any atom is 0.263 e. The van der Waals surface area contributed by atoms with Crippen molar-refractivity contribution >= 4 is 36.5 Å². The molecule has 2 saturated heterocycles. The highest BCUT2D eigenvalue weighted by atomic mass is 35.5. The lowest BCUT2D eigenvalue weighted by Gasteiger charge is -2.38. The molecule has 0 unspecified atom stereocenters. The number of pyridine rings is 2. The molecule has 5 heterocycles. The monoisotopic (exact) mass is 451 g/mol. The van der Waals surface area contributed by atoms with Crippen molar-refractivity contribution in [2.45, 2.75) is 18.9 Å². The number of nitrogens with zero attached hydrogens (tertiary/aromatic N) is 4. The Morgan fingerprint density at radius 3 is 2.57 bits per heavy atom. The molecule has 2 aromatic rings. The van der Waals surface area contributed by atoms with Crippen LogP contribution in [-0.4, -0.2) is 59.6 Å². The van der Waals surface area contributed by atoms with Gasteiger partial charge in [0.1, 0.15) is 11.4 Å². The van der Waals surface area contributed by atoms with Crippen molar-refractivity contribution in [3.8, 4) is 0 Å². The van der Waals surface area contributed by atoms with Crippen LogP contribution in [-0.2, 0) is 6.54 Å². The second-order valence-electron chi connectivity index (χ2n) is 8.01. The Bertz CT molecular complexity index is 944. The number of halogens is 2. The largest absolute Gasteiger partial charge is 0.353 e. The SMILES string of the molecule is Cl.Cl.O=C(c1ccc2n(c1=O)C[C@@H]1CNC[C@H]2C1)N1CCN(c2ccccn2)CC1. The Hall–Kier alpha value is -2.09. The van der Waals surface area contributed by atoms with Crippen LogP contribution in [0.5, 0.6) is 0 Å². The van der Waals surface area contributed by atoms with Gasteiger partial charge in [0.15, 0.2) is 0 Å². The Morgan fingerprint density at radius 1 is 1.03 bits per heavy atom. The number of nitrogens with one attached hydrogen (secondary N) is 1. The van der Waals surface area contributed by atoms with E-state index < -0.39 is 0 Å². The van der Waals surface area contributed by atoms with Crippen LogP contribution in [0.15, 0.2) is 41.3 Å². The molecule has 0 aromatic carbocycles. The van der Waals surface area contributed by atoms with Gasteiger partial charge in [-0.05, 0) is 43.1 Å². The summed E-state index contributed by atoms with van der Waals surface area (Å²) < 4.78 is 1.86. The summed E-state index contributed by atoms with van der Waals surface area (Å²) in [4.78, 5) is 34.5. The third-order valence-corrected chi connectivity index (χ3v) is 6.28. The molecule has 9 heteroatoms. The first-order chi connectivity index (χ1) is 13.7. The summed E-state index contributed by atoms with van der Waals surface area (Å²) in [5.74, 6) is 1.65. The maximum atomic E-state index is 13.1. The van der Waals surface area contributed by atoms with Gasteiger partial charge in [-0.1, -0.05) is 6.07 Å². The number of piperidine rings is 1. The van der Waals surface area contributed by atoms with Gasteiger partial charge in [0, 0.05) is 57.1 Å². The maximum absolute atomic E-state index is 13.1. The highest BCUT2D eigenvalue weighted by Crippen LogP contribution is 2.31. The predicted molar refractivity (Wildman–Crippen MR) is 121 cm³/mol. The molecule has 1 N–H and O–H groups in total. The van der Waals surface area contributed by atoms with Crippen LogP contribution in [0.25, 0.3) is 0 Å². The number of anilines is 1. The minimum absolute atomic E-state index is 0. The van der Waals surface area contributed by atoms with E-state index in [2.05, 4.69) is 15.2 Å². The fraction of sp³-hybridized carbons (Fsp3) is 0.476. The normalized spacial score (nSPS) is 22.4. The summed E-state index contributed by atoms with van der Waals surface area (Å²) in [5.41, 5.74) is 1.26.